The van der Waals surface area contributed by atoms with Gasteiger partial charge in [-0.25, -0.2) is 0 Å². The number of piperazine rings is 1. The van der Waals surface area contributed by atoms with Crippen LogP contribution in [-0.4, -0.2) is 78.2 Å². The molecule has 0 saturated carbocycles. The van der Waals surface area contributed by atoms with E-state index in [-0.39, 0.29) is 11.2 Å². The van der Waals surface area contributed by atoms with Gasteiger partial charge in [0.1, 0.15) is 0 Å². The van der Waals surface area contributed by atoms with Crippen molar-refractivity contribution in [1.29, 1.82) is 0 Å². The number of nitrogens with zero attached hydrogens (tertiary/aromatic N) is 4. The smallest absolute Gasteiger partial charge is 0.223 e. The molecule has 0 spiro atoms. The topological polar surface area (TPSA) is 52.0 Å². The monoisotopic (exact) mass is 308 g/mol. The summed E-state index contributed by atoms with van der Waals surface area (Å²) in [6, 6.07) is 1.59. The summed E-state index contributed by atoms with van der Waals surface area (Å²) in [6.07, 6.45) is 2.58. The van der Waals surface area contributed by atoms with Gasteiger partial charge in [0.25, 0.3) is 0 Å². The van der Waals surface area contributed by atoms with E-state index in [1.165, 1.54) is 0 Å². The van der Waals surface area contributed by atoms with Gasteiger partial charge in [0.2, 0.25) is 5.43 Å². The molecule has 1 aromatic rings. The van der Waals surface area contributed by atoms with Crippen molar-refractivity contribution in [3.63, 3.8) is 0 Å². The van der Waals surface area contributed by atoms with Crippen LogP contribution in [-0.2, 0) is 13.1 Å². The number of hydrogen-bond donors (Lipinski definition) is 1. The van der Waals surface area contributed by atoms with Gasteiger partial charge in [-0.2, -0.15) is 0 Å². The molecule has 2 rings (SSSR count). The van der Waals surface area contributed by atoms with Crippen molar-refractivity contribution in [3.8, 4) is 5.75 Å². The van der Waals surface area contributed by atoms with Gasteiger partial charge in [-0.3, -0.25) is 9.69 Å². The SMILES string of the molecule is CN(C)CCCn1cc(O)c(=O)cc1CN1CCN(C)CC1. The van der Waals surface area contributed by atoms with Gasteiger partial charge in [0, 0.05) is 51.0 Å². The van der Waals surface area contributed by atoms with Crippen molar-refractivity contribution in [2.24, 2.45) is 0 Å². The highest BCUT2D eigenvalue weighted by Gasteiger charge is 2.16. The molecule has 1 aliphatic rings. The fraction of sp³-hybridized carbons (Fsp3) is 0.688. The van der Waals surface area contributed by atoms with E-state index in [4.69, 9.17) is 0 Å². The summed E-state index contributed by atoms with van der Waals surface area (Å²) < 4.78 is 2.03. The van der Waals surface area contributed by atoms with Crippen LogP contribution >= 0.6 is 0 Å². The van der Waals surface area contributed by atoms with Gasteiger partial charge in [0.05, 0.1) is 6.20 Å². The predicted molar refractivity (Wildman–Crippen MR) is 88.3 cm³/mol. The van der Waals surface area contributed by atoms with Gasteiger partial charge < -0.3 is 19.5 Å². The molecule has 0 amide bonds. The second kappa shape index (κ2) is 7.76. The van der Waals surface area contributed by atoms with Crippen LogP contribution in [0.5, 0.6) is 5.75 Å². The van der Waals surface area contributed by atoms with Crippen LogP contribution in [0.2, 0.25) is 0 Å². The molecule has 1 aromatic heterocycles. The van der Waals surface area contributed by atoms with Crippen LogP contribution in [0.25, 0.3) is 0 Å². The van der Waals surface area contributed by atoms with Gasteiger partial charge in [-0.15, -0.1) is 0 Å². The summed E-state index contributed by atoms with van der Waals surface area (Å²) in [5.74, 6) is -0.160. The van der Waals surface area contributed by atoms with Crippen LogP contribution in [0.15, 0.2) is 17.1 Å². The zero-order chi connectivity index (χ0) is 16.1. The molecule has 6 nitrogen and oxygen atoms in total. The summed E-state index contributed by atoms with van der Waals surface area (Å²) in [4.78, 5) is 18.6. The lowest BCUT2D eigenvalue weighted by Gasteiger charge is -2.32. The lowest BCUT2D eigenvalue weighted by atomic mass is 10.2. The molecule has 1 N–H and O–H groups in total. The van der Waals surface area contributed by atoms with Crippen LogP contribution < -0.4 is 5.43 Å². The Bertz CT molecular complexity index is 533. The Morgan fingerprint density at radius 2 is 1.91 bits per heavy atom. The molecule has 2 heterocycles. The lowest BCUT2D eigenvalue weighted by molar-refractivity contribution is 0.145. The molecule has 0 atom stereocenters. The number of pyridine rings is 1. The Morgan fingerprint density at radius 3 is 2.55 bits per heavy atom. The number of likely N-dealkylation sites (N-methyl/N-ethyl adjacent to an activating group) is 1. The van der Waals surface area contributed by atoms with E-state index in [1.807, 2.05) is 18.7 Å². The highest BCUT2D eigenvalue weighted by Crippen LogP contribution is 2.11. The summed E-state index contributed by atoms with van der Waals surface area (Å²) >= 11 is 0. The standard InChI is InChI=1S/C16H28N4O2/c1-17(2)5-4-6-20-13-16(22)15(21)11-14(20)12-19-9-7-18(3)8-10-19/h11,13,22H,4-10,12H2,1-3H3. The van der Waals surface area contributed by atoms with Gasteiger partial charge >= 0.3 is 0 Å². The summed E-state index contributed by atoms with van der Waals surface area (Å²) in [7, 11) is 6.23. The van der Waals surface area contributed by atoms with E-state index in [9.17, 15) is 9.90 Å². The first-order chi connectivity index (χ1) is 10.5. The van der Waals surface area contributed by atoms with E-state index in [0.717, 1.165) is 57.9 Å². The van der Waals surface area contributed by atoms with Crippen molar-refractivity contribution >= 4 is 0 Å². The Balaban J connectivity index is 2.07. The van der Waals surface area contributed by atoms with E-state index >= 15 is 0 Å². The number of aryl methyl sites for hydroxylation is 1. The normalized spacial score (nSPS) is 17.3. The van der Waals surface area contributed by atoms with E-state index in [2.05, 4.69) is 21.7 Å². The molecule has 22 heavy (non-hydrogen) atoms. The predicted octanol–water partition coefficient (Wildman–Crippen LogP) is 0.253. The van der Waals surface area contributed by atoms with E-state index in [0.29, 0.717) is 0 Å². The Labute approximate surface area is 132 Å². The number of hydrogen-bond acceptors (Lipinski definition) is 5. The molecule has 124 valence electrons. The quantitative estimate of drug-likeness (QED) is 0.817. The molecule has 1 fully saturated rings. The molecule has 1 aliphatic heterocycles. The van der Waals surface area contributed by atoms with Gasteiger partial charge in [0.15, 0.2) is 5.75 Å². The van der Waals surface area contributed by atoms with Crippen molar-refractivity contribution in [2.45, 2.75) is 19.5 Å². The third-order valence-electron chi connectivity index (χ3n) is 4.18. The molecule has 0 aliphatic carbocycles. The molecular formula is C16H28N4O2. The van der Waals surface area contributed by atoms with Crippen LogP contribution in [0, 0.1) is 0 Å². The second-order valence-electron chi connectivity index (χ2n) is 6.44. The average molecular weight is 308 g/mol. The fourth-order valence-electron chi connectivity index (χ4n) is 2.74. The molecule has 0 radical (unpaired) electrons. The maximum atomic E-state index is 11.8. The molecule has 0 unspecified atom stereocenters. The Hall–Kier alpha value is -1.37. The molecular weight excluding hydrogens is 280 g/mol. The molecule has 0 bridgehead atoms. The maximum Gasteiger partial charge on any atom is 0.223 e. The fourth-order valence-corrected chi connectivity index (χ4v) is 2.74. The van der Waals surface area contributed by atoms with Crippen molar-refractivity contribution in [2.75, 3.05) is 53.9 Å². The summed E-state index contributed by atoms with van der Waals surface area (Å²) in [5, 5.41) is 9.71. The highest BCUT2D eigenvalue weighted by molar-refractivity contribution is 5.20. The minimum atomic E-state index is -0.284. The van der Waals surface area contributed by atoms with Crippen LogP contribution in [0.1, 0.15) is 12.1 Å². The first-order valence-electron chi connectivity index (χ1n) is 7.93. The number of aromatic nitrogens is 1. The third-order valence-corrected chi connectivity index (χ3v) is 4.18. The third kappa shape index (κ3) is 4.83. The molecule has 6 heteroatoms. The Morgan fingerprint density at radius 1 is 1.23 bits per heavy atom. The maximum absolute atomic E-state index is 11.8. The lowest BCUT2D eigenvalue weighted by Crippen LogP contribution is -2.44. The first-order valence-corrected chi connectivity index (χ1v) is 7.93. The zero-order valence-electron chi connectivity index (χ0n) is 14.0. The zero-order valence-corrected chi connectivity index (χ0v) is 14.0. The van der Waals surface area contributed by atoms with E-state index in [1.54, 1.807) is 12.3 Å². The highest BCUT2D eigenvalue weighted by atomic mass is 16.3. The summed E-state index contributed by atoms with van der Waals surface area (Å²) in [5.41, 5.74) is 0.707. The minimum Gasteiger partial charge on any atom is -0.503 e. The van der Waals surface area contributed by atoms with Crippen molar-refractivity contribution in [1.82, 2.24) is 19.3 Å². The second-order valence-corrected chi connectivity index (χ2v) is 6.44. The van der Waals surface area contributed by atoms with Crippen molar-refractivity contribution in [3.05, 3.63) is 28.2 Å². The van der Waals surface area contributed by atoms with Gasteiger partial charge in [-0.05, 0) is 34.1 Å². The van der Waals surface area contributed by atoms with Crippen LogP contribution in [0.3, 0.4) is 0 Å². The largest absolute Gasteiger partial charge is 0.503 e. The number of aromatic hydroxyl groups is 1. The average Bonchev–Trinajstić information content (AvgIpc) is 2.46. The molecule has 0 aromatic carbocycles. The van der Waals surface area contributed by atoms with Crippen LogP contribution in [0.4, 0.5) is 0 Å². The van der Waals surface area contributed by atoms with Crippen molar-refractivity contribution < 1.29 is 5.11 Å². The number of rotatable bonds is 6. The van der Waals surface area contributed by atoms with E-state index < -0.39 is 0 Å². The minimum absolute atomic E-state index is 0.160. The first kappa shape index (κ1) is 17.0. The Kier molecular flexibility index (Phi) is 5.99. The molecule has 1 saturated heterocycles. The summed E-state index contributed by atoms with van der Waals surface area (Å²) in [6.45, 7) is 6.72. The van der Waals surface area contributed by atoms with Gasteiger partial charge in [-0.1, -0.05) is 0 Å².